The number of anilines is 5. The van der Waals surface area contributed by atoms with E-state index in [0.717, 1.165) is 65.5 Å². The Hall–Kier alpha value is -4.22. The van der Waals surface area contributed by atoms with Crippen LogP contribution in [-0.4, -0.2) is 78.9 Å². The maximum absolute atomic E-state index is 13.9. The lowest BCUT2D eigenvalue weighted by Gasteiger charge is -2.37. The number of urea groups is 1. The van der Waals surface area contributed by atoms with Crippen LogP contribution in [0.1, 0.15) is 35.1 Å². The highest BCUT2D eigenvalue weighted by molar-refractivity contribution is 6.06. The molecule has 11 nitrogen and oxygen atoms in total. The number of aliphatic hydroxyl groups excluding tert-OH is 1. The average Bonchev–Trinajstić information content (AvgIpc) is 2.99. The molecule has 0 bridgehead atoms. The van der Waals surface area contributed by atoms with Gasteiger partial charge in [0.15, 0.2) is 0 Å². The molecule has 11 heteroatoms. The summed E-state index contributed by atoms with van der Waals surface area (Å²) in [6.45, 7) is 8.30. The van der Waals surface area contributed by atoms with Crippen molar-refractivity contribution in [3.05, 3.63) is 64.8 Å². The number of hydrogen-bond acceptors (Lipinski definition) is 9. The Morgan fingerprint density at radius 1 is 1.10 bits per heavy atom. The predicted octanol–water partition coefficient (Wildman–Crippen LogP) is 3.98. The van der Waals surface area contributed by atoms with Gasteiger partial charge in [0, 0.05) is 67.8 Å². The quantitative estimate of drug-likeness (QED) is 0.367. The minimum Gasteiger partial charge on any atom is -0.469 e. The normalized spacial score (nSPS) is 15.5. The minimum atomic E-state index is -0.323. The summed E-state index contributed by atoms with van der Waals surface area (Å²) in [7, 11) is 3.47. The third-order valence-electron chi connectivity index (χ3n) is 7.94. The number of aryl methyl sites for hydroxylation is 2. The summed E-state index contributed by atoms with van der Waals surface area (Å²) in [4.78, 5) is 43.0. The summed E-state index contributed by atoms with van der Waals surface area (Å²) in [6.07, 6.45) is 2.37. The second-order valence-electron chi connectivity index (χ2n) is 10.9. The molecule has 1 aromatic heterocycles. The van der Waals surface area contributed by atoms with Gasteiger partial charge in [-0.1, -0.05) is 18.2 Å². The molecule has 3 aromatic rings. The summed E-state index contributed by atoms with van der Waals surface area (Å²) in [5.74, 6) is 0.536. The lowest BCUT2D eigenvalue weighted by Crippen LogP contribution is -2.49. The first-order valence-electron chi connectivity index (χ1n) is 14.3. The van der Waals surface area contributed by atoms with Crippen LogP contribution in [-0.2, 0) is 22.7 Å². The van der Waals surface area contributed by atoms with Crippen LogP contribution in [0.15, 0.2) is 42.6 Å². The van der Waals surface area contributed by atoms with Crippen molar-refractivity contribution in [1.82, 2.24) is 14.9 Å². The molecule has 42 heavy (non-hydrogen) atoms. The van der Waals surface area contributed by atoms with E-state index in [9.17, 15) is 14.7 Å². The number of esters is 1. The number of ether oxygens (including phenoxy) is 1. The van der Waals surface area contributed by atoms with E-state index in [1.165, 1.54) is 7.11 Å². The van der Waals surface area contributed by atoms with Crippen molar-refractivity contribution in [2.24, 2.45) is 0 Å². The molecule has 0 spiro atoms. The molecule has 0 unspecified atom stereocenters. The number of benzene rings is 2. The van der Waals surface area contributed by atoms with Crippen molar-refractivity contribution in [3.63, 3.8) is 0 Å². The molecule has 2 N–H and O–H groups in total. The smallest absolute Gasteiger partial charge is 0.330 e. The molecule has 222 valence electrons. The Bertz CT molecular complexity index is 1430. The zero-order valence-corrected chi connectivity index (χ0v) is 24.8. The zero-order chi connectivity index (χ0) is 29.8. The number of aromatic nitrogens is 2. The number of fused-ring (bicyclic) bond motifs is 1. The Kier molecular flexibility index (Phi) is 8.89. The summed E-state index contributed by atoms with van der Waals surface area (Å²) in [6, 6.07) is 11.6. The Balaban J connectivity index is 1.42. The third kappa shape index (κ3) is 6.17. The Morgan fingerprint density at radius 3 is 2.52 bits per heavy atom. The monoisotopic (exact) mass is 573 g/mol. The van der Waals surface area contributed by atoms with Crippen LogP contribution in [0.5, 0.6) is 0 Å². The van der Waals surface area contributed by atoms with E-state index in [-0.39, 0.29) is 25.0 Å². The van der Waals surface area contributed by atoms with Gasteiger partial charge in [-0.2, -0.15) is 4.98 Å². The van der Waals surface area contributed by atoms with E-state index >= 15 is 0 Å². The Labute approximate surface area is 246 Å². The van der Waals surface area contributed by atoms with Gasteiger partial charge in [0.2, 0.25) is 5.95 Å². The highest BCUT2D eigenvalue weighted by atomic mass is 16.5. The molecule has 0 aliphatic carbocycles. The van der Waals surface area contributed by atoms with Crippen molar-refractivity contribution in [3.8, 4) is 0 Å². The van der Waals surface area contributed by atoms with Crippen molar-refractivity contribution in [2.45, 2.75) is 39.8 Å². The van der Waals surface area contributed by atoms with E-state index in [2.05, 4.69) is 27.1 Å². The first kappa shape index (κ1) is 29.3. The molecule has 1 fully saturated rings. The zero-order valence-electron chi connectivity index (χ0n) is 24.8. The van der Waals surface area contributed by atoms with Crippen LogP contribution in [0.3, 0.4) is 0 Å². The summed E-state index contributed by atoms with van der Waals surface area (Å²) < 4.78 is 4.80. The Morgan fingerprint density at radius 2 is 1.83 bits per heavy atom. The maximum Gasteiger partial charge on any atom is 0.330 e. The number of amides is 2. The van der Waals surface area contributed by atoms with Gasteiger partial charge >= 0.3 is 12.0 Å². The molecule has 2 aliphatic rings. The van der Waals surface area contributed by atoms with Crippen molar-refractivity contribution in [2.75, 3.05) is 66.9 Å². The number of para-hydroxylation sites is 1. The van der Waals surface area contributed by atoms with Crippen LogP contribution in [0.25, 0.3) is 0 Å². The molecule has 0 atom stereocenters. The molecule has 5 rings (SSSR count). The number of rotatable bonds is 9. The molecule has 1 saturated heterocycles. The number of likely N-dealkylation sites (N-methyl/N-ethyl adjacent to an activating group) is 1. The van der Waals surface area contributed by atoms with Gasteiger partial charge in [-0.3, -0.25) is 14.6 Å². The van der Waals surface area contributed by atoms with Crippen LogP contribution >= 0.6 is 0 Å². The summed E-state index contributed by atoms with van der Waals surface area (Å²) >= 11 is 0. The molecule has 0 radical (unpaired) electrons. The fourth-order valence-electron chi connectivity index (χ4n) is 5.64. The standard InChI is InChI=1S/C31H39N7O4/c1-21-7-5-8-22(2)28(21)38-19-24-18-32-30(34-29(24)37(31(38)41)12-6-9-27(40)42-4)33-25-10-11-26(23(17-25)20-39)36-15-13-35(3)14-16-36/h5,7-8,10-11,17-18,39H,6,9,12-16,19-20H2,1-4H3,(H,32,33,34). The van der Waals surface area contributed by atoms with Crippen molar-refractivity contribution < 1.29 is 19.4 Å². The molecule has 2 amide bonds. The molecule has 3 heterocycles. The summed E-state index contributed by atoms with van der Waals surface area (Å²) in [5, 5.41) is 13.4. The van der Waals surface area contributed by atoms with E-state index in [0.29, 0.717) is 31.3 Å². The second kappa shape index (κ2) is 12.7. The van der Waals surface area contributed by atoms with Gasteiger partial charge < -0.3 is 25.0 Å². The second-order valence-corrected chi connectivity index (χ2v) is 10.9. The molecular formula is C31H39N7O4. The number of nitrogens with zero attached hydrogens (tertiary/aromatic N) is 6. The SMILES string of the molecule is COC(=O)CCCN1C(=O)N(c2c(C)cccc2C)Cc2cnc(Nc3ccc(N4CCN(C)CC4)c(CO)c3)nc21. The van der Waals surface area contributed by atoms with Crippen LogP contribution in [0.4, 0.5) is 33.6 Å². The lowest BCUT2D eigenvalue weighted by molar-refractivity contribution is -0.140. The number of nitrogens with one attached hydrogen (secondary N) is 1. The van der Waals surface area contributed by atoms with E-state index < -0.39 is 0 Å². The van der Waals surface area contributed by atoms with E-state index in [1.54, 1.807) is 16.0 Å². The van der Waals surface area contributed by atoms with Gasteiger partial charge in [0.05, 0.1) is 25.9 Å². The van der Waals surface area contributed by atoms with Gasteiger partial charge in [-0.05, 0) is 56.6 Å². The van der Waals surface area contributed by atoms with E-state index in [1.807, 2.05) is 50.2 Å². The van der Waals surface area contributed by atoms with Crippen LogP contribution < -0.4 is 20.0 Å². The first-order valence-corrected chi connectivity index (χ1v) is 14.3. The van der Waals surface area contributed by atoms with E-state index in [4.69, 9.17) is 9.72 Å². The van der Waals surface area contributed by atoms with Gasteiger partial charge in [-0.15, -0.1) is 0 Å². The van der Waals surface area contributed by atoms with Gasteiger partial charge in [0.25, 0.3) is 0 Å². The number of aliphatic hydroxyl groups is 1. The predicted molar refractivity (Wildman–Crippen MR) is 163 cm³/mol. The number of hydrogen-bond donors (Lipinski definition) is 2. The third-order valence-corrected chi connectivity index (χ3v) is 7.94. The highest BCUT2D eigenvalue weighted by Gasteiger charge is 2.34. The number of methoxy groups -OCH3 is 1. The molecular weight excluding hydrogens is 534 g/mol. The largest absolute Gasteiger partial charge is 0.469 e. The van der Waals surface area contributed by atoms with Gasteiger partial charge in [0.1, 0.15) is 5.82 Å². The minimum absolute atomic E-state index is 0.0845. The van der Waals surface area contributed by atoms with Crippen molar-refractivity contribution >= 4 is 40.8 Å². The summed E-state index contributed by atoms with van der Waals surface area (Å²) in [5.41, 5.74) is 6.27. The first-order chi connectivity index (χ1) is 20.3. The number of carbonyl (C=O) groups is 2. The number of carbonyl (C=O) groups excluding carboxylic acids is 2. The maximum atomic E-state index is 13.9. The molecule has 2 aromatic carbocycles. The molecule has 0 saturated carbocycles. The average molecular weight is 574 g/mol. The highest BCUT2D eigenvalue weighted by Crippen LogP contribution is 2.35. The lowest BCUT2D eigenvalue weighted by atomic mass is 10.1. The van der Waals surface area contributed by atoms with Crippen LogP contribution in [0.2, 0.25) is 0 Å². The van der Waals surface area contributed by atoms with Crippen molar-refractivity contribution in [1.29, 1.82) is 0 Å². The fourth-order valence-corrected chi connectivity index (χ4v) is 5.64. The topological polar surface area (TPSA) is 114 Å². The van der Waals surface area contributed by atoms with Gasteiger partial charge in [-0.25, -0.2) is 9.78 Å². The fraction of sp³-hybridized carbons (Fsp3) is 0.419. The number of piperazine rings is 1. The molecule has 2 aliphatic heterocycles. The van der Waals surface area contributed by atoms with Crippen LogP contribution in [0, 0.1) is 13.8 Å².